The summed E-state index contributed by atoms with van der Waals surface area (Å²) in [6.45, 7) is 7.25. The topological polar surface area (TPSA) is 57.6 Å². The number of rotatable bonds is 6. The first-order valence-electron chi connectivity index (χ1n) is 8.89. The number of carbonyl (C=O) groups is 2. The third-order valence-corrected chi connectivity index (χ3v) is 4.87. The maximum Gasteiger partial charge on any atom is 0.324 e. The van der Waals surface area contributed by atoms with Gasteiger partial charge in [0.15, 0.2) is 5.78 Å². The number of benzene rings is 2. The van der Waals surface area contributed by atoms with Crippen LogP contribution in [0.2, 0.25) is 0 Å². The third-order valence-electron chi connectivity index (χ3n) is 4.87. The monoisotopic (exact) mass is 355 g/mol. The number of carbonyl (C=O) groups excluding carboxylic acids is 1. The Morgan fingerprint density at radius 2 is 1.38 bits per heavy atom. The molecule has 0 aliphatic rings. The summed E-state index contributed by atoms with van der Waals surface area (Å²) in [5.74, 6) is -1.85. The zero-order valence-electron chi connectivity index (χ0n) is 16.5. The van der Waals surface area contributed by atoms with Crippen LogP contribution >= 0.6 is 0 Å². The summed E-state index contributed by atoms with van der Waals surface area (Å²) in [6.07, 6.45) is 0. The lowest BCUT2D eigenvalue weighted by Gasteiger charge is -2.36. The first-order chi connectivity index (χ1) is 12.3. The molecule has 0 fully saturated rings. The molecule has 2 unspecified atom stereocenters. The number of ketones is 1. The van der Waals surface area contributed by atoms with Gasteiger partial charge in [-0.1, -0.05) is 75.4 Å². The fraction of sp³-hybridized carbons (Fsp3) is 0.364. The smallest absolute Gasteiger partial charge is 0.324 e. The van der Waals surface area contributed by atoms with Crippen molar-refractivity contribution in [3.05, 3.63) is 60.2 Å². The summed E-state index contributed by atoms with van der Waals surface area (Å²) in [7, 11) is 3.35. The minimum Gasteiger partial charge on any atom is -0.480 e. The summed E-state index contributed by atoms with van der Waals surface area (Å²) in [6, 6.07) is 17.2. The molecule has 2 rings (SSSR count). The molecule has 1 N–H and O–H groups in total. The lowest BCUT2D eigenvalue weighted by molar-refractivity contribution is -0.151. The molecule has 0 amide bonds. The van der Waals surface area contributed by atoms with Crippen molar-refractivity contribution < 1.29 is 14.7 Å². The third kappa shape index (κ3) is 4.38. The van der Waals surface area contributed by atoms with E-state index in [1.807, 2.05) is 56.3 Å². The van der Waals surface area contributed by atoms with Crippen LogP contribution in [-0.4, -0.2) is 41.4 Å². The van der Waals surface area contributed by atoms with Gasteiger partial charge in [-0.3, -0.25) is 14.5 Å². The van der Waals surface area contributed by atoms with Crippen molar-refractivity contribution in [2.75, 3.05) is 14.1 Å². The van der Waals surface area contributed by atoms with Crippen LogP contribution in [0.15, 0.2) is 54.6 Å². The summed E-state index contributed by atoms with van der Waals surface area (Å²) in [4.78, 5) is 26.0. The van der Waals surface area contributed by atoms with Crippen molar-refractivity contribution in [2.45, 2.75) is 33.2 Å². The van der Waals surface area contributed by atoms with Crippen molar-refractivity contribution in [1.29, 1.82) is 0 Å². The Morgan fingerprint density at radius 1 is 0.923 bits per heavy atom. The van der Waals surface area contributed by atoms with E-state index in [1.54, 1.807) is 45.0 Å². The van der Waals surface area contributed by atoms with Gasteiger partial charge >= 0.3 is 5.97 Å². The second-order valence-corrected chi connectivity index (χ2v) is 6.38. The van der Waals surface area contributed by atoms with Gasteiger partial charge in [-0.2, -0.15) is 0 Å². The zero-order valence-corrected chi connectivity index (χ0v) is 16.5. The molecule has 0 radical (unpaired) electrons. The molecule has 2 atom stereocenters. The summed E-state index contributed by atoms with van der Waals surface area (Å²) in [5, 5.41) is 9.57. The van der Waals surface area contributed by atoms with E-state index in [2.05, 4.69) is 0 Å². The number of hydrogen-bond acceptors (Lipinski definition) is 3. The Morgan fingerprint density at radius 3 is 1.81 bits per heavy atom. The Hall–Kier alpha value is -2.46. The minimum absolute atomic E-state index is 0.173. The average molecular weight is 355 g/mol. The molecule has 0 saturated carbocycles. The van der Waals surface area contributed by atoms with Gasteiger partial charge in [0.05, 0.1) is 0 Å². The van der Waals surface area contributed by atoms with Crippen LogP contribution in [0.5, 0.6) is 0 Å². The second-order valence-electron chi connectivity index (χ2n) is 6.38. The van der Waals surface area contributed by atoms with Gasteiger partial charge in [0.25, 0.3) is 0 Å². The molecule has 26 heavy (non-hydrogen) atoms. The summed E-state index contributed by atoms with van der Waals surface area (Å²) in [5.41, 5.74) is 1.37. The molecule has 0 bridgehead atoms. The normalized spacial score (nSPS) is 14.0. The SMILES string of the molecule is CC.CC(C(=O)c1ccc(-c2ccccc2)cc1)C(C)(C(=O)O)N(C)C. The second kappa shape index (κ2) is 9.30. The van der Waals surface area contributed by atoms with Gasteiger partial charge < -0.3 is 5.11 Å². The highest BCUT2D eigenvalue weighted by Crippen LogP contribution is 2.27. The molecule has 4 heteroatoms. The predicted octanol–water partition coefficient (Wildman–Crippen LogP) is 4.60. The summed E-state index contributed by atoms with van der Waals surface area (Å²) < 4.78 is 0. The van der Waals surface area contributed by atoms with Crippen molar-refractivity contribution in [3.63, 3.8) is 0 Å². The first kappa shape index (κ1) is 21.6. The number of carboxylic acid groups (broad SMARTS) is 1. The highest BCUT2D eigenvalue weighted by Gasteiger charge is 2.44. The van der Waals surface area contributed by atoms with Crippen LogP contribution in [0.1, 0.15) is 38.1 Å². The van der Waals surface area contributed by atoms with Crippen molar-refractivity contribution in [3.8, 4) is 11.1 Å². The number of hydrogen-bond donors (Lipinski definition) is 1. The largest absolute Gasteiger partial charge is 0.480 e. The van der Waals surface area contributed by atoms with Crippen LogP contribution in [0.3, 0.4) is 0 Å². The van der Waals surface area contributed by atoms with E-state index in [0.29, 0.717) is 5.56 Å². The van der Waals surface area contributed by atoms with E-state index in [-0.39, 0.29) is 5.78 Å². The van der Waals surface area contributed by atoms with Crippen LogP contribution < -0.4 is 0 Å². The van der Waals surface area contributed by atoms with E-state index >= 15 is 0 Å². The molecule has 0 aliphatic carbocycles. The first-order valence-corrected chi connectivity index (χ1v) is 8.89. The Bertz CT molecular complexity index is 723. The maximum absolute atomic E-state index is 12.8. The standard InChI is InChI=1S/C20H23NO3.C2H6/c1-14(20(2,19(23)24)21(3)4)18(22)17-12-10-16(11-13-17)15-8-6-5-7-9-15;1-2/h5-14H,1-4H3,(H,23,24);1-2H3. The van der Waals surface area contributed by atoms with Crippen molar-refractivity contribution in [2.24, 2.45) is 5.92 Å². The number of aliphatic carboxylic acids is 1. The molecule has 2 aromatic rings. The quantitative estimate of drug-likeness (QED) is 0.769. The fourth-order valence-corrected chi connectivity index (χ4v) is 2.73. The van der Waals surface area contributed by atoms with E-state index in [9.17, 15) is 14.7 Å². The van der Waals surface area contributed by atoms with E-state index in [1.165, 1.54) is 0 Å². The van der Waals surface area contributed by atoms with Gasteiger partial charge in [-0.25, -0.2) is 0 Å². The number of nitrogens with zero attached hydrogens (tertiary/aromatic N) is 1. The molecule has 140 valence electrons. The lowest BCUT2D eigenvalue weighted by atomic mass is 9.80. The lowest BCUT2D eigenvalue weighted by Crippen LogP contribution is -2.55. The summed E-state index contributed by atoms with van der Waals surface area (Å²) >= 11 is 0. The van der Waals surface area contributed by atoms with Crippen molar-refractivity contribution >= 4 is 11.8 Å². The molecular weight excluding hydrogens is 326 g/mol. The molecule has 4 nitrogen and oxygen atoms in total. The molecule has 0 spiro atoms. The highest BCUT2D eigenvalue weighted by atomic mass is 16.4. The highest BCUT2D eigenvalue weighted by molar-refractivity contribution is 6.02. The van der Waals surface area contributed by atoms with Gasteiger partial charge in [0.2, 0.25) is 0 Å². The Labute approximate surface area is 156 Å². The zero-order chi connectivity index (χ0) is 19.9. The fourth-order valence-electron chi connectivity index (χ4n) is 2.73. The average Bonchev–Trinajstić information content (AvgIpc) is 2.68. The van der Waals surface area contributed by atoms with Gasteiger partial charge in [-0.15, -0.1) is 0 Å². The number of likely N-dealkylation sites (N-methyl/N-ethyl adjacent to an activating group) is 1. The molecular formula is C22H29NO3. The molecule has 2 aromatic carbocycles. The van der Waals surface area contributed by atoms with Gasteiger partial charge in [-0.05, 0) is 32.1 Å². The maximum atomic E-state index is 12.8. The van der Waals surface area contributed by atoms with Crippen LogP contribution in [0.25, 0.3) is 11.1 Å². The number of Topliss-reactive ketones (excluding diaryl/α,β-unsaturated/α-hetero) is 1. The van der Waals surface area contributed by atoms with Gasteiger partial charge in [0.1, 0.15) is 5.54 Å². The van der Waals surface area contributed by atoms with E-state index < -0.39 is 17.4 Å². The van der Waals surface area contributed by atoms with Crippen LogP contribution in [-0.2, 0) is 4.79 Å². The predicted molar refractivity (Wildman–Crippen MR) is 106 cm³/mol. The number of carboxylic acids is 1. The van der Waals surface area contributed by atoms with Crippen LogP contribution in [0, 0.1) is 5.92 Å². The Kier molecular flexibility index (Phi) is 7.72. The van der Waals surface area contributed by atoms with Crippen LogP contribution in [0.4, 0.5) is 0 Å². The molecule has 0 heterocycles. The minimum atomic E-state index is -1.25. The van der Waals surface area contributed by atoms with Crippen molar-refractivity contribution in [1.82, 2.24) is 4.90 Å². The molecule has 0 aromatic heterocycles. The van der Waals surface area contributed by atoms with E-state index in [4.69, 9.17) is 0 Å². The molecule has 0 saturated heterocycles. The van der Waals surface area contributed by atoms with E-state index in [0.717, 1.165) is 11.1 Å². The van der Waals surface area contributed by atoms with Gasteiger partial charge in [0, 0.05) is 11.5 Å². The molecule has 0 aliphatic heterocycles. The Balaban J connectivity index is 0.00000163.